The average Bonchev–Trinajstić information content (AvgIpc) is 2.36. The molecule has 0 aliphatic carbocycles. The largest absolute Gasteiger partial charge is 0.497 e. The number of carbonyl (C=O) groups excluding carboxylic acids is 1. The van der Waals surface area contributed by atoms with Crippen molar-refractivity contribution in [2.24, 2.45) is 5.11 Å². The summed E-state index contributed by atoms with van der Waals surface area (Å²) in [5, 5.41) is 5.92. The second-order valence-electron chi connectivity index (χ2n) is 3.45. The van der Waals surface area contributed by atoms with Crippen molar-refractivity contribution in [2.45, 2.75) is 13.0 Å². The van der Waals surface area contributed by atoms with E-state index < -0.39 is 0 Å². The lowest BCUT2D eigenvalue weighted by molar-refractivity contribution is -0.120. The fraction of sp³-hybridized carbons (Fsp3) is 0.364. The number of methoxy groups -OCH3 is 1. The fourth-order valence-electron chi connectivity index (χ4n) is 1.36. The lowest BCUT2D eigenvalue weighted by Gasteiger charge is -2.13. The minimum Gasteiger partial charge on any atom is -0.497 e. The number of hydrogen-bond donors (Lipinski definition) is 1. The van der Waals surface area contributed by atoms with Gasteiger partial charge >= 0.3 is 0 Å². The maximum atomic E-state index is 11.3. The molecule has 1 amide bonds. The van der Waals surface area contributed by atoms with Crippen molar-refractivity contribution in [3.63, 3.8) is 0 Å². The number of benzene rings is 1. The molecule has 0 saturated carbocycles. The van der Waals surface area contributed by atoms with Gasteiger partial charge in [0.15, 0.2) is 0 Å². The van der Waals surface area contributed by atoms with Crippen molar-refractivity contribution in [1.82, 2.24) is 5.32 Å². The third-order valence-electron chi connectivity index (χ3n) is 2.27. The summed E-state index contributed by atoms with van der Waals surface area (Å²) in [5.41, 5.74) is 9.05. The first-order valence-electron chi connectivity index (χ1n) is 5.11. The first-order chi connectivity index (χ1) is 8.17. The maximum Gasteiger partial charge on any atom is 0.226 e. The monoisotopic (exact) mass is 234 g/mol. The van der Waals surface area contributed by atoms with E-state index in [1.807, 2.05) is 31.2 Å². The van der Waals surface area contributed by atoms with Crippen molar-refractivity contribution in [3.8, 4) is 5.75 Å². The highest BCUT2D eigenvalue weighted by Gasteiger charge is 2.08. The topological polar surface area (TPSA) is 87.1 Å². The van der Waals surface area contributed by atoms with Gasteiger partial charge in [-0.25, -0.2) is 0 Å². The van der Waals surface area contributed by atoms with Crippen molar-refractivity contribution in [2.75, 3.05) is 13.7 Å². The minimum atomic E-state index is -0.300. The second-order valence-corrected chi connectivity index (χ2v) is 3.45. The van der Waals surface area contributed by atoms with Crippen LogP contribution in [0.25, 0.3) is 10.4 Å². The Labute approximate surface area is 99.2 Å². The van der Waals surface area contributed by atoms with Gasteiger partial charge in [-0.05, 0) is 30.2 Å². The van der Waals surface area contributed by atoms with E-state index in [0.717, 1.165) is 11.3 Å². The quantitative estimate of drug-likeness (QED) is 0.481. The molecule has 0 heterocycles. The van der Waals surface area contributed by atoms with Crippen LogP contribution in [0.2, 0.25) is 0 Å². The molecule has 1 aromatic rings. The maximum absolute atomic E-state index is 11.3. The molecule has 0 aromatic heterocycles. The molecule has 0 aliphatic rings. The van der Waals surface area contributed by atoms with Crippen LogP contribution >= 0.6 is 0 Å². The molecular formula is C11H14N4O2. The van der Waals surface area contributed by atoms with Gasteiger partial charge in [-0.2, -0.15) is 0 Å². The molecule has 1 atom stereocenters. The Kier molecular flexibility index (Phi) is 4.84. The number of nitrogens with zero attached hydrogens (tertiary/aromatic N) is 3. The summed E-state index contributed by atoms with van der Waals surface area (Å²) in [6.45, 7) is 1.67. The molecular weight excluding hydrogens is 220 g/mol. The Morgan fingerprint density at radius 2 is 2.18 bits per heavy atom. The molecule has 17 heavy (non-hydrogen) atoms. The van der Waals surface area contributed by atoms with Crippen LogP contribution in [-0.4, -0.2) is 19.6 Å². The van der Waals surface area contributed by atoms with Gasteiger partial charge in [0.2, 0.25) is 5.91 Å². The fourth-order valence-corrected chi connectivity index (χ4v) is 1.36. The highest BCUT2D eigenvalue weighted by Crippen LogP contribution is 2.16. The Balaban J connectivity index is 2.59. The summed E-state index contributed by atoms with van der Waals surface area (Å²) >= 11 is 0. The Morgan fingerprint density at radius 1 is 1.53 bits per heavy atom. The van der Waals surface area contributed by atoms with E-state index in [9.17, 15) is 4.79 Å². The van der Waals surface area contributed by atoms with E-state index in [1.165, 1.54) is 0 Å². The third kappa shape index (κ3) is 4.04. The highest BCUT2D eigenvalue weighted by molar-refractivity contribution is 5.78. The number of ether oxygens (including phenoxy) is 1. The van der Waals surface area contributed by atoms with Crippen molar-refractivity contribution >= 4 is 5.91 Å². The zero-order valence-electron chi connectivity index (χ0n) is 9.75. The van der Waals surface area contributed by atoms with Gasteiger partial charge in [0.1, 0.15) is 12.3 Å². The number of amides is 1. The van der Waals surface area contributed by atoms with Crippen molar-refractivity contribution < 1.29 is 9.53 Å². The number of rotatable bonds is 5. The summed E-state index contributed by atoms with van der Waals surface area (Å²) in [5.74, 6) is 0.465. The van der Waals surface area contributed by atoms with Gasteiger partial charge in [-0.15, -0.1) is 0 Å². The molecule has 90 valence electrons. The molecule has 1 rings (SSSR count). The summed E-state index contributed by atoms with van der Waals surface area (Å²) in [6.07, 6.45) is 0. The molecule has 0 fully saturated rings. The molecule has 0 spiro atoms. The lowest BCUT2D eigenvalue weighted by Crippen LogP contribution is -2.28. The van der Waals surface area contributed by atoms with Crippen LogP contribution in [0.4, 0.5) is 0 Å². The van der Waals surface area contributed by atoms with Crippen LogP contribution in [0.1, 0.15) is 18.5 Å². The molecule has 0 bridgehead atoms. The predicted molar refractivity (Wildman–Crippen MR) is 63.6 cm³/mol. The second kappa shape index (κ2) is 6.40. The van der Waals surface area contributed by atoms with Gasteiger partial charge in [-0.3, -0.25) is 4.79 Å². The van der Waals surface area contributed by atoms with Gasteiger partial charge in [0.05, 0.1) is 13.2 Å². The van der Waals surface area contributed by atoms with Crippen molar-refractivity contribution in [1.29, 1.82) is 0 Å². The molecule has 6 nitrogen and oxygen atoms in total. The Morgan fingerprint density at radius 3 is 2.71 bits per heavy atom. The molecule has 0 saturated heterocycles. The molecule has 1 unspecified atom stereocenters. The van der Waals surface area contributed by atoms with Crippen LogP contribution in [0.5, 0.6) is 5.75 Å². The lowest BCUT2D eigenvalue weighted by atomic mass is 10.1. The van der Waals surface area contributed by atoms with Gasteiger partial charge in [-0.1, -0.05) is 17.2 Å². The SMILES string of the molecule is COc1ccc(C(C)NC(=O)CN=[N+]=[N-])cc1. The number of hydrogen-bond acceptors (Lipinski definition) is 3. The predicted octanol–water partition coefficient (Wildman–Crippen LogP) is 2.18. The zero-order valence-corrected chi connectivity index (χ0v) is 9.75. The number of carbonyl (C=O) groups is 1. The van der Waals surface area contributed by atoms with E-state index in [-0.39, 0.29) is 18.5 Å². The summed E-state index contributed by atoms with van der Waals surface area (Å²) < 4.78 is 5.04. The van der Waals surface area contributed by atoms with Gasteiger partial charge < -0.3 is 10.1 Å². The third-order valence-corrected chi connectivity index (χ3v) is 2.27. The van der Waals surface area contributed by atoms with Crippen molar-refractivity contribution in [3.05, 3.63) is 40.3 Å². The standard InChI is InChI=1S/C11H14N4O2/c1-8(14-11(16)7-13-15-12)9-3-5-10(17-2)6-4-9/h3-6,8H,7H2,1-2H3,(H,14,16). The van der Waals surface area contributed by atoms with Crippen LogP contribution in [0, 0.1) is 0 Å². The van der Waals surface area contributed by atoms with Crippen LogP contribution in [0.3, 0.4) is 0 Å². The zero-order chi connectivity index (χ0) is 12.7. The van der Waals surface area contributed by atoms with Crippen LogP contribution in [-0.2, 0) is 4.79 Å². The smallest absolute Gasteiger partial charge is 0.226 e. The number of azide groups is 1. The Hall–Kier alpha value is -2.20. The molecule has 1 N–H and O–H groups in total. The van der Waals surface area contributed by atoms with E-state index in [2.05, 4.69) is 15.3 Å². The van der Waals surface area contributed by atoms with E-state index in [0.29, 0.717) is 0 Å². The first-order valence-corrected chi connectivity index (χ1v) is 5.11. The molecule has 0 radical (unpaired) electrons. The highest BCUT2D eigenvalue weighted by atomic mass is 16.5. The minimum absolute atomic E-state index is 0.137. The van der Waals surface area contributed by atoms with Gasteiger partial charge in [0, 0.05) is 4.91 Å². The first kappa shape index (κ1) is 12.9. The van der Waals surface area contributed by atoms with E-state index in [4.69, 9.17) is 10.3 Å². The normalized spacial score (nSPS) is 11.2. The van der Waals surface area contributed by atoms with E-state index in [1.54, 1.807) is 7.11 Å². The summed E-state index contributed by atoms with van der Waals surface area (Å²) in [6, 6.07) is 7.26. The van der Waals surface area contributed by atoms with E-state index >= 15 is 0 Å². The Bertz CT molecular complexity index is 424. The summed E-state index contributed by atoms with van der Waals surface area (Å²) in [4.78, 5) is 13.8. The van der Waals surface area contributed by atoms with Crippen LogP contribution in [0.15, 0.2) is 29.4 Å². The van der Waals surface area contributed by atoms with Crippen LogP contribution < -0.4 is 10.1 Å². The van der Waals surface area contributed by atoms with Gasteiger partial charge in [0.25, 0.3) is 0 Å². The average molecular weight is 234 g/mol. The molecule has 0 aliphatic heterocycles. The number of nitrogens with one attached hydrogen (secondary N) is 1. The molecule has 1 aromatic carbocycles. The molecule has 6 heteroatoms. The summed E-state index contributed by atoms with van der Waals surface area (Å²) in [7, 11) is 1.60.